The first-order chi connectivity index (χ1) is 16.0. The van der Waals surface area contributed by atoms with Gasteiger partial charge in [-0.3, -0.25) is 4.99 Å². The van der Waals surface area contributed by atoms with Gasteiger partial charge in [0.2, 0.25) is 0 Å². The van der Waals surface area contributed by atoms with Gasteiger partial charge < -0.3 is 19.5 Å². The molecule has 33 heavy (non-hydrogen) atoms. The maximum absolute atomic E-state index is 6.14. The molecule has 3 aromatic rings. The van der Waals surface area contributed by atoms with Crippen LogP contribution in [0.15, 0.2) is 65.7 Å². The smallest absolute Gasteiger partial charge is 0.133 e. The van der Waals surface area contributed by atoms with Crippen LogP contribution in [0.2, 0.25) is 10.0 Å². The minimum atomic E-state index is -0.152. The minimum Gasteiger partial charge on any atom is -0.496 e. The Balaban J connectivity index is 1.79. The van der Waals surface area contributed by atoms with Crippen LogP contribution in [0.1, 0.15) is 41.3 Å². The third-order valence-electron chi connectivity index (χ3n) is 5.64. The largest absolute Gasteiger partial charge is 0.496 e. The Hall–Kier alpha value is -2.73. The molecule has 1 aliphatic heterocycles. The number of rotatable bonds is 8. The Bertz CT molecular complexity index is 1130. The zero-order valence-electron chi connectivity index (χ0n) is 18.8. The van der Waals surface area contributed by atoms with E-state index in [-0.39, 0.29) is 12.1 Å². The van der Waals surface area contributed by atoms with E-state index in [0.29, 0.717) is 34.8 Å². The average molecular weight is 485 g/mol. The van der Waals surface area contributed by atoms with E-state index >= 15 is 0 Å². The summed E-state index contributed by atoms with van der Waals surface area (Å²) >= 11 is 12.3. The summed E-state index contributed by atoms with van der Waals surface area (Å²) in [5.74, 6) is 2.13. The summed E-state index contributed by atoms with van der Waals surface area (Å²) in [7, 11) is 3.28. The Labute approximate surface area is 204 Å². The van der Waals surface area contributed by atoms with E-state index in [2.05, 4.69) is 5.32 Å². The predicted molar refractivity (Wildman–Crippen MR) is 133 cm³/mol. The van der Waals surface area contributed by atoms with Crippen LogP contribution in [0, 0.1) is 0 Å². The Morgan fingerprint density at radius 2 is 1.45 bits per heavy atom. The lowest BCUT2D eigenvalue weighted by Gasteiger charge is -2.20. The van der Waals surface area contributed by atoms with Crippen LogP contribution in [-0.2, 0) is 11.3 Å². The standard InChI is InChI=1S/C26H26Cl2N2O3/c1-4-33-15-18-13-21(23(32-3)14-22(18)31-2)26-29-24(16-5-9-19(27)10-6-16)25(30-26)17-7-11-20(28)12-8-17/h5-14,24-25H,4,15H2,1-3H3,(H,29,30). The van der Waals surface area contributed by atoms with E-state index in [1.807, 2.05) is 67.6 Å². The van der Waals surface area contributed by atoms with Crippen LogP contribution in [-0.4, -0.2) is 26.7 Å². The summed E-state index contributed by atoms with van der Waals surface area (Å²) in [6, 6.07) is 19.3. The van der Waals surface area contributed by atoms with Gasteiger partial charge in [-0.05, 0) is 48.4 Å². The van der Waals surface area contributed by atoms with Crippen molar-refractivity contribution >= 4 is 29.0 Å². The average Bonchev–Trinajstić information content (AvgIpc) is 3.28. The number of hydrogen-bond donors (Lipinski definition) is 1. The van der Waals surface area contributed by atoms with Crippen molar-refractivity contribution < 1.29 is 14.2 Å². The summed E-state index contributed by atoms with van der Waals surface area (Å²) in [4.78, 5) is 5.09. The fraction of sp³-hybridized carbons (Fsp3) is 0.269. The number of hydrogen-bond acceptors (Lipinski definition) is 5. The molecule has 1 aliphatic rings. The molecule has 0 amide bonds. The number of aliphatic imine (C=N–C) groups is 1. The number of halogens is 2. The molecule has 0 bridgehead atoms. The van der Waals surface area contributed by atoms with Crippen LogP contribution in [0.5, 0.6) is 11.5 Å². The highest BCUT2D eigenvalue weighted by Gasteiger charge is 2.33. The summed E-state index contributed by atoms with van der Waals surface area (Å²) in [5.41, 5.74) is 3.92. The van der Waals surface area contributed by atoms with Crippen molar-refractivity contribution in [1.82, 2.24) is 5.32 Å². The normalized spacial score (nSPS) is 17.4. The monoisotopic (exact) mass is 484 g/mol. The highest BCUT2D eigenvalue weighted by molar-refractivity contribution is 6.30. The molecular formula is C26H26Cl2N2O3. The predicted octanol–water partition coefficient (Wildman–Crippen LogP) is 6.38. The Morgan fingerprint density at radius 3 is 2.03 bits per heavy atom. The molecule has 1 N–H and O–H groups in total. The first-order valence-electron chi connectivity index (χ1n) is 10.7. The molecule has 0 saturated carbocycles. The van der Waals surface area contributed by atoms with E-state index < -0.39 is 0 Å². The molecule has 0 aromatic heterocycles. The molecule has 0 radical (unpaired) electrons. The second kappa shape index (κ2) is 10.5. The first-order valence-corrected chi connectivity index (χ1v) is 11.5. The summed E-state index contributed by atoms with van der Waals surface area (Å²) < 4.78 is 16.9. The second-order valence-corrected chi connectivity index (χ2v) is 8.52. The van der Waals surface area contributed by atoms with E-state index in [1.54, 1.807) is 14.2 Å². The highest BCUT2D eigenvalue weighted by atomic mass is 35.5. The van der Waals surface area contributed by atoms with Gasteiger partial charge >= 0.3 is 0 Å². The molecule has 4 rings (SSSR count). The molecule has 0 spiro atoms. The molecule has 172 valence electrons. The van der Waals surface area contributed by atoms with E-state index in [9.17, 15) is 0 Å². The quantitative estimate of drug-likeness (QED) is 0.402. The zero-order chi connectivity index (χ0) is 23.4. The molecule has 2 unspecified atom stereocenters. The number of methoxy groups -OCH3 is 2. The lowest BCUT2D eigenvalue weighted by atomic mass is 9.95. The van der Waals surface area contributed by atoms with Gasteiger partial charge in [-0.1, -0.05) is 47.5 Å². The van der Waals surface area contributed by atoms with Gasteiger partial charge in [0, 0.05) is 28.3 Å². The second-order valence-electron chi connectivity index (χ2n) is 7.65. The maximum Gasteiger partial charge on any atom is 0.133 e. The molecule has 0 aliphatic carbocycles. The van der Waals surface area contributed by atoms with Crippen molar-refractivity contribution in [3.8, 4) is 11.5 Å². The molecule has 0 saturated heterocycles. The zero-order valence-corrected chi connectivity index (χ0v) is 20.3. The van der Waals surface area contributed by atoms with Crippen molar-refractivity contribution in [2.45, 2.75) is 25.6 Å². The van der Waals surface area contributed by atoms with Crippen molar-refractivity contribution in [3.63, 3.8) is 0 Å². The van der Waals surface area contributed by atoms with Crippen LogP contribution in [0.4, 0.5) is 0 Å². The fourth-order valence-corrected chi connectivity index (χ4v) is 4.21. The highest BCUT2D eigenvalue weighted by Crippen LogP contribution is 2.40. The van der Waals surface area contributed by atoms with Gasteiger partial charge in [0.25, 0.3) is 0 Å². The molecule has 7 heteroatoms. The molecular weight excluding hydrogens is 459 g/mol. The molecule has 3 aromatic carbocycles. The van der Waals surface area contributed by atoms with Crippen LogP contribution in [0.3, 0.4) is 0 Å². The summed E-state index contributed by atoms with van der Waals surface area (Å²) in [6.45, 7) is 3.01. The molecule has 1 heterocycles. The number of amidine groups is 1. The molecule has 2 atom stereocenters. The SMILES string of the molecule is CCOCc1cc(C2=NC(c3ccc(Cl)cc3)C(c3ccc(Cl)cc3)N2)c(OC)cc1OC. The van der Waals surface area contributed by atoms with E-state index in [0.717, 1.165) is 28.1 Å². The number of nitrogens with zero attached hydrogens (tertiary/aromatic N) is 1. The minimum absolute atomic E-state index is 0.0828. The van der Waals surface area contributed by atoms with Gasteiger partial charge in [-0.25, -0.2) is 0 Å². The number of benzene rings is 3. The Kier molecular flexibility index (Phi) is 7.43. The number of nitrogens with one attached hydrogen (secondary N) is 1. The van der Waals surface area contributed by atoms with Crippen molar-refractivity contribution in [3.05, 3.63) is 93.0 Å². The van der Waals surface area contributed by atoms with E-state index in [4.69, 9.17) is 42.4 Å². The molecule has 0 fully saturated rings. The first kappa shape index (κ1) is 23.4. The summed E-state index contributed by atoms with van der Waals surface area (Å²) in [5, 5.41) is 5.00. The third-order valence-corrected chi connectivity index (χ3v) is 6.14. The van der Waals surface area contributed by atoms with Crippen molar-refractivity contribution in [2.24, 2.45) is 4.99 Å². The van der Waals surface area contributed by atoms with Gasteiger partial charge in [0.1, 0.15) is 23.4 Å². The van der Waals surface area contributed by atoms with Gasteiger partial charge in [-0.15, -0.1) is 0 Å². The topological polar surface area (TPSA) is 52.1 Å². The van der Waals surface area contributed by atoms with Gasteiger partial charge in [0.05, 0.1) is 32.4 Å². The summed E-state index contributed by atoms with van der Waals surface area (Å²) in [6.07, 6.45) is 0. The Morgan fingerprint density at radius 1 is 0.848 bits per heavy atom. The maximum atomic E-state index is 6.14. The van der Waals surface area contributed by atoms with Crippen molar-refractivity contribution in [1.29, 1.82) is 0 Å². The van der Waals surface area contributed by atoms with Crippen LogP contribution in [0.25, 0.3) is 0 Å². The van der Waals surface area contributed by atoms with E-state index in [1.165, 1.54) is 0 Å². The number of ether oxygens (including phenoxy) is 3. The van der Waals surface area contributed by atoms with Gasteiger partial charge in [-0.2, -0.15) is 0 Å². The lowest BCUT2D eigenvalue weighted by molar-refractivity contribution is 0.132. The van der Waals surface area contributed by atoms with Crippen LogP contribution < -0.4 is 14.8 Å². The van der Waals surface area contributed by atoms with Crippen molar-refractivity contribution in [2.75, 3.05) is 20.8 Å². The molecule has 5 nitrogen and oxygen atoms in total. The van der Waals surface area contributed by atoms with Gasteiger partial charge in [0.15, 0.2) is 0 Å². The third kappa shape index (κ3) is 5.11. The lowest BCUT2D eigenvalue weighted by Crippen LogP contribution is -2.25. The van der Waals surface area contributed by atoms with Crippen LogP contribution >= 0.6 is 23.2 Å². The fourth-order valence-electron chi connectivity index (χ4n) is 3.96.